The predicted molar refractivity (Wildman–Crippen MR) is 77.0 cm³/mol. The van der Waals surface area contributed by atoms with Gasteiger partial charge in [-0.2, -0.15) is 0 Å². The Hall–Kier alpha value is -2.17. The van der Waals surface area contributed by atoms with Gasteiger partial charge in [0, 0.05) is 12.0 Å². The first kappa shape index (κ1) is 16.9. The number of hydrogen-bond donors (Lipinski definition) is 1. The molecule has 114 valence electrons. The van der Waals surface area contributed by atoms with Gasteiger partial charge in [-0.1, -0.05) is 30.3 Å². The number of carbonyl (C=O) groups is 3. The largest absolute Gasteiger partial charge is 0.481 e. The molecule has 21 heavy (non-hydrogen) atoms. The first-order valence-corrected chi connectivity index (χ1v) is 6.72. The number of benzene rings is 1. The number of carbonyl (C=O) groups excluding carboxylic acids is 2. The highest BCUT2D eigenvalue weighted by atomic mass is 16.6. The zero-order chi connectivity index (χ0) is 16.0. The number of esters is 1. The third-order valence-corrected chi connectivity index (χ3v) is 2.71. The van der Waals surface area contributed by atoms with Crippen LogP contribution in [0, 0.1) is 5.92 Å². The Morgan fingerprint density at radius 2 is 1.67 bits per heavy atom. The van der Waals surface area contributed by atoms with Gasteiger partial charge in [-0.3, -0.25) is 14.4 Å². The van der Waals surface area contributed by atoms with E-state index >= 15 is 0 Å². The van der Waals surface area contributed by atoms with Crippen molar-refractivity contribution in [3.63, 3.8) is 0 Å². The molecule has 0 saturated heterocycles. The minimum atomic E-state index is -1.18. The zero-order valence-corrected chi connectivity index (χ0v) is 12.5. The molecule has 1 aromatic carbocycles. The van der Waals surface area contributed by atoms with Crippen LogP contribution >= 0.6 is 0 Å². The standard InChI is InChI=1S/C16H20O5/c1-16(2,3)21-14(18)10-12(15(19)20)9-13(17)11-7-5-4-6-8-11/h4-8,12H,9-10H2,1-3H3,(H,19,20). The zero-order valence-electron chi connectivity index (χ0n) is 12.5. The lowest BCUT2D eigenvalue weighted by atomic mass is 9.95. The van der Waals surface area contributed by atoms with E-state index in [4.69, 9.17) is 9.84 Å². The quantitative estimate of drug-likeness (QED) is 0.644. The second-order valence-corrected chi connectivity index (χ2v) is 5.82. The van der Waals surface area contributed by atoms with Crippen molar-refractivity contribution in [2.24, 2.45) is 5.92 Å². The summed E-state index contributed by atoms with van der Waals surface area (Å²) >= 11 is 0. The molecule has 0 aromatic heterocycles. The number of carboxylic acids is 1. The van der Waals surface area contributed by atoms with E-state index in [1.807, 2.05) is 0 Å². The molecular weight excluding hydrogens is 272 g/mol. The van der Waals surface area contributed by atoms with Crippen molar-refractivity contribution in [2.75, 3.05) is 0 Å². The molecule has 0 amide bonds. The molecule has 0 aliphatic carbocycles. The number of carboxylic acid groups (broad SMARTS) is 1. The van der Waals surface area contributed by atoms with Crippen molar-refractivity contribution in [3.05, 3.63) is 35.9 Å². The molecule has 0 aliphatic rings. The fraction of sp³-hybridized carbons (Fsp3) is 0.438. The Kier molecular flexibility index (Phi) is 5.64. The second-order valence-electron chi connectivity index (χ2n) is 5.82. The summed E-state index contributed by atoms with van der Waals surface area (Å²) in [6.45, 7) is 5.11. The summed E-state index contributed by atoms with van der Waals surface area (Å²) < 4.78 is 5.09. The van der Waals surface area contributed by atoms with Gasteiger partial charge in [-0.15, -0.1) is 0 Å². The van der Waals surface area contributed by atoms with Crippen molar-refractivity contribution >= 4 is 17.7 Å². The average molecular weight is 292 g/mol. The summed E-state index contributed by atoms with van der Waals surface area (Å²) in [5.41, 5.74) is -0.239. The van der Waals surface area contributed by atoms with Crippen LogP contribution in [0.1, 0.15) is 44.0 Å². The van der Waals surface area contributed by atoms with Crippen molar-refractivity contribution < 1.29 is 24.2 Å². The Morgan fingerprint density at radius 1 is 1.10 bits per heavy atom. The SMILES string of the molecule is CC(C)(C)OC(=O)CC(CC(=O)c1ccccc1)C(=O)O. The fourth-order valence-corrected chi connectivity index (χ4v) is 1.80. The van der Waals surface area contributed by atoms with E-state index in [9.17, 15) is 14.4 Å². The summed E-state index contributed by atoms with van der Waals surface area (Å²) in [5, 5.41) is 9.16. The average Bonchev–Trinajstić information content (AvgIpc) is 2.36. The lowest BCUT2D eigenvalue weighted by molar-refractivity contribution is -0.159. The van der Waals surface area contributed by atoms with Crippen LogP contribution in [-0.2, 0) is 14.3 Å². The molecule has 0 heterocycles. The van der Waals surface area contributed by atoms with Crippen LogP contribution in [0.2, 0.25) is 0 Å². The van der Waals surface area contributed by atoms with E-state index in [1.165, 1.54) is 0 Å². The first-order valence-electron chi connectivity index (χ1n) is 6.72. The molecule has 0 aliphatic heterocycles. The Balaban J connectivity index is 2.69. The molecule has 0 saturated carbocycles. The Labute approximate surface area is 123 Å². The van der Waals surface area contributed by atoms with Gasteiger partial charge in [-0.25, -0.2) is 0 Å². The summed E-state index contributed by atoms with van der Waals surface area (Å²) in [6.07, 6.45) is -0.538. The van der Waals surface area contributed by atoms with Gasteiger partial charge in [0.1, 0.15) is 5.60 Å². The van der Waals surface area contributed by atoms with E-state index in [1.54, 1.807) is 51.1 Å². The van der Waals surface area contributed by atoms with Crippen LogP contribution in [0.15, 0.2) is 30.3 Å². The number of Topliss-reactive ketones (excluding diaryl/α,β-unsaturated/α-hetero) is 1. The first-order chi connectivity index (χ1) is 9.69. The van der Waals surface area contributed by atoms with Crippen molar-refractivity contribution in [1.29, 1.82) is 0 Å². The maximum atomic E-state index is 12.0. The van der Waals surface area contributed by atoms with Crippen molar-refractivity contribution in [1.82, 2.24) is 0 Å². The minimum absolute atomic E-state index is 0.224. The number of ketones is 1. The molecular formula is C16H20O5. The highest BCUT2D eigenvalue weighted by Gasteiger charge is 2.27. The molecule has 1 rings (SSSR count). The molecule has 0 radical (unpaired) electrons. The van der Waals surface area contributed by atoms with Crippen LogP contribution in [0.25, 0.3) is 0 Å². The van der Waals surface area contributed by atoms with Crippen molar-refractivity contribution in [2.45, 2.75) is 39.2 Å². The molecule has 1 N–H and O–H groups in total. The minimum Gasteiger partial charge on any atom is -0.481 e. The van der Waals surface area contributed by atoms with Crippen LogP contribution in [-0.4, -0.2) is 28.4 Å². The summed E-state index contributed by atoms with van der Waals surface area (Å²) in [4.78, 5) is 34.9. The molecule has 1 aromatic rings. The third-order valence-electron chi connectivity index (χ3n) is 2.71. The second kappa shape index (κ2) is 7.02. The number of hydrogen-bond acceptors (Lipinski definition) is 4. The van der Waals surface area contributed by atoms with Crippen LogP contribution < -0.4 is 0 Å². The van der Waals surface area contributed by atoms with Gasteiger partial charge in [0.15, 0.2) is 5.78 Å². The molecule has 0 bridgehead atoms. The topological polar surface area (TPSA) is 80.7 Å². The Bertz CT molecular complexity index is 513. The molecule has 0 fully saturated rings. The third kappa shape index (κ3) is 6.21. The lowest BCUT2D eigenvalue weighted by Gasteiger charge is -2.20. The van der Waals surface area contributed by atoms with Crippen LogP contribution in [0.3, 0.4) is 0 Å². The fourth-order valence-electron chi connectivity index (χ4n) is 1.80. The lowest BCUT2D eigenvalue weighted by Crippen LogP contribution is -2.28. The van der Waals surface area contributed by atoms with Crippen LogP contribution in [0.4, 0.5) is 0 Å². The van der Waals surface area contributed by atoms with Gasteiger partial charge in [0.2, 0.25) is 0 Å². The van der Waals surface area contributed by atoms with Gasteiger partial charge in [0.05, 0.1) is 12.3 Å². The number of rotatable bonds is 6. The van der Waals surface area contributed by atoms with E-state index in [0.29, 0.717) is 5.56 Å². The van der Waals surface area contributed by atoms with E-state index in [0.717, 1.165) is 0 Å². The Morgan fingerprint density at radius 3 is 2.14 bits per heavy atom. The highest BCUT2D eigenvalue weighted by molar-refractivity contribution is 5.98. The van der Waals surface area contributed by atoms with Gasteiger partial charge >= 0.3 is 11.9 Å². The molecule has 1 atom stereocenters. The smallest absolute Gasteiger partial charge is 0.307 e. The summed E-state index contributed by atoms with van der Waals surface area (Å²) in [6, 6.07) is 8.42. The maximum Gasteiger partial charge on any atom is 0.307 e. The van der Waals surface area contributed by atoms with Crippen LogP contribution in [0.5, 0.6) is 0 Å². The van der Waals surface area contributed by atoms with E-state index < -0.39 is 23.5 Å². The predicted octanol–water partition coefficient (Wildman–Crippen LogP) is 2.69. The van der Waals surface area contributed by atoms with Gasteiger partial charge in [0.25, 0.3) is 0 Å². The van der Waals surface area contributed by atoms with Crippen molar-refractivity contribution in [3.8, 4) is 0 Å². The number of ether oxygens (including phenoxy) is 1. The summed E-state index contributed by atoms with van der Waals surface area (Å²) in [5.74, 6) is -3.17. The summed E-state index contributed by atoms with van der Waals surface area (Å²) in [7, 11) is 0. The molecule has 1 unspecified atom stereocenters. The normalized spacial score (nSPS) is 12.5. The van der Waals surface area contributed by atoms with Gasteiger partial charge < -0.3 is 9.84 Å². The molecule has 5 nitrogen and oxygen atoms in total. The number of aliphatic carboxylic acids is 1. The van der Waals surface area contributed by atoms with E-state index in [2.05, 4.69) is 0 Å². The molecule has 5 heteroatoms. The van der Waals surface area contributed by atoms with Gasteiger partial charge in [-0.05, 0) is 20.8 Å². The molecule has 0 spiro atoms. The maximum absolute atomic E-state index is 12.0. The monoisotopic (exact) mass is 292 g/mol. The van der Waals surface area contributed by atoms with E-state index in [-0.39, 0.29) is 18.6 Å². The highest BCUT2D eigenvalue weighted by Crippen LogP contribution is 2.17.